The molecule has 7 heteroatoms. The molecule has 1 aliphatic heterocycles. The second kappa shape index (κ2) is 5.62. The van der Waals surface area contributed by atoms with Crippen molar-refractivity contribution in [3.05, 3.63) is 29.8 Å². The molecule has 108 valence electrons. The molecule has 1 heterocycles. The van der Waals surface area contributed by atoms with Crippen molar-refractivity contribution in [2.45, 2.75) is 31.2 Å². The zero-order valence-corrected chi connectivity index (χ0v) is 12.2. The monoisotopic (exact) mass is 295 g/mol. The number of carbonyl (C=O) groups is 1. The maximum Gasteiger partial charge on any atom is 0.263 e. The van der Waals surface area contributed by atoms with Gasteiger partial charge in [0.15, 0.2) is 0 Å². The van der Waals surface area contributed by atoms with Gasteiger partial charge in [0.1, 0.15) is 11.9 Å². The molecule has 1 atom stereocenters. The van der Waals surface area contributed by atoms with Gasteiger partial charge in [-0.05, 0) is 25.5 Å². The van der Waals surface area contributed by atoms with Gasteiger partial charge in [0.25, 0.3) is 10.0 Å². The molecule has 0 aromatic heterocycles. The Bertz CT molecular complexity index is 653. The van der Waals surface area contributed by atoms with E-state index in [2.05, 4.69) is 15.0 Å². The van der Waals surface area contributed by atoms with Crippen molar-refractivity contribution in [2.75, 3.05) is 6.54 Å². The number of aliphatic imine (C=N–C) groups is 1. The van der Waals surface area contributed by atoms with Crippen LogP contribution in [0.5, 0.6) is 0 Å². The summed E-state index contributed by atoms with van der Waals surface area (Å²) < 4.78 is 26.2. The lowest BCUT2D eigenvalue weighted by atomic mass is 10.2. The van der Waals surface area contributed by atoms with Crippen LogP contribution in [0.3, 0.4) is 0 Å². The maximum absolute atomic E-state index is 11.9. The lowest BCUT2D eigenvalue weighted by Gasteiger charge is -2.08. The zero-order chi connectivity index (χ0) is 14.8. The molecule has 0 bridgehead atoms. The molecular weight excluding hydrogens is 278 g/mol. The number of amides is 1. The molecule has 1 aromatic rings. The highest BCUT2D eigenvalue weighted by Crippen LogP contribution is 2.22. The molecule has 0 fully saturated rings. The Kier molecular flexibility index (Phi) is 4.08. The van der Waals surface area contributed by atoms with Crippen LogP contribution in [-0.2, 0) is 14.8 Å². The van der Waals surface area contributed by atoms with Gasteiger partial charge >= 0.3 is 0 Å². The van der Waals surface area contributed by atoms with Crippen LogP contribution in [-0.4, -0.2) is 32.7 Å². The summed E-state index contributed by atoms with van der Waals surface area (Å²) in [7, 11) is -3.56. The fourth-order valence-electron chi connectivity index (χ4n) is 1.88. The fourth-order valence-corrected chi connectivity index (χ4v) is 3.12. The number of fused-ring (bicyclic) bond motifs is 1. The Balaban J connectivity index is 2.27. The predicted octanol–water partition coefficient (Wildman–Crippen LogP) is 0.640. The van der Waals surface area contributed by atoms with Crippen LogP contribution in [0.25, 0.3) is 0 Å². The number of amidine groups is 1. The van der Waals surface area contributed by atoms with Crippen molar-refractivity contribution in [3.63, 3.8) is 0 Å². The lowest BCUT2D eigenvalue weighted by molar-refractivity contribution is -0.121. The molecule has 2 rings (SSSR count). The van der Waals surface area contributed by atoms with E-state index in [-0.39, 0.29) is 16.6 Å². The van der Waals surface area contributed by atoms with E-state index in [4.69, 9.17) is 0 Å². The molecule has 0 saturated heterocycles. The van der Waals surface area contributed by atoms with Crippen molar-refractivity contribution in [1.29, 1.82) is 0 Å². The second-order valence-electron chi connectivity index (χ2n) is 4.55. The standard InChI is InChI=1S/C13H17N3O3S/c1-3-8-14-13(17)9(2)15-12-10-6-4-5-7-11(10)20(18,19)16-12/h4-7,9H,3,8H2,1-2H3,(H,14,17)(H,15,16). The first-order chi connectivity index (χ1) is 9.45. The van der Waals surface area contributed by atoms with E-state index in [0.29, 0.717) is 12.1 Å². The highest BCUT2D eigenvalue weighted by atomic mass is 32.2. The van der Waals surface area contributed by atoms with E-state index in [9.17, 15) is 13.2 Å². The first-order valence-electron chi connectivity index (χ1n) is 6.43. The van der Waals surface area contributed by atoms with Crippen molar-refractivity contribution < 1.29 is 13.2 Å². The summed E-state index contributed by atoms with van der Waals surface area (Å²) in [6, 6.07) is 5.92. The number of rotatable bonds is 4. The number of hydrogen-bond donors (Lipinski definition) is 2. The van der Waals surface area contributed by atoms with E-state index >= 15 is 0 Å². The summed E-state index contributed by atoms with van der Waals surface area (Å²) in [5.74, 6) is 0.00248. The molecule has 0 aliphatic carbocycles. The van der Waals surface area contributed by atoms with Crippen molar-refractivity contribution in [2.24, 2.45) is 4.99 Å². The molecule has 2 N–H and O–H groups in total. The number of benzene rings is 1. The minimum atomic E-state index is -3.56. The summed E-state index contributed by atoms with van der Waals surface area (Å²) in [6.45, 7) is 4.17. The van der Waals surface area contributed by atoms with E-state index in [0.717, 1.165) is 6.42 Å². The van der Waals surface area contributed by atoms with E-state index in [1.807, 2.05) is 6.92 Å². The first-order valence-corrected chi connectivity index (χ1v) is 7.91. The number of hydrogen-bond acceptors (Lipinski definition) is 4. The van der Waals surface area contributed by atoms with Gasteiger partial charge in [0, 0.05) is 12.1 Å². The number of nitrogens with zero attached hydrogens (tertiary/aromatic N) is 1. The van der Waals surface area contributed by atoms with Gasteiger partial charge in [0.2, 0.25) is 5.91 Å². The van der Waals surface area contributed by atoms with Crippen LogP contribution in [0.15, 0.2) is 34.2 Å². The maximum atomic E-state index is 11.9. The number of carbonyl (C=O) groups excluding carboxylic acids is 1. The minimum Gasteiger partial charge on any atom is -0.354 e. The van der Waals surface area contributed by atoms with Crippen molar-refractivity contribution >= 4 is 21.8 Å². The molecular formula is C13H17N3O3S. The van der Waals surface area contributed by atoms with Crippen molar-refractivity contribution in [1.82, 2.24) is 10.0 Å². The highest BCUT2D eigenvalue weighted by Gasteiger charge is 2.30. The van der Waals surface area contributed by atoms with Crippen LogP contribution < -0.4 is 10.0 Å². The van der Waals surface area contributed by atoms with E-state index < -0.39 is 16.1 Å². The SMILES string of the molecule is CCCNC(=O)C(C)N=C1NS(=O)(=O)c2ccccc21. The average molecular weight is 295 g/mol. The smallest absolute Gasteiger partial charge is 0.263 e. The normalized spacial score (nSPS) is 19.2. The molecule has 0 spiro atoms. The van der Waals surface area contributed by atoms with Gasteiger partial charge < -0.3 is 5.32 Å². The van der Waals surface area contributed by atoms with Crippen LogP contribution in [0, 0.1) is 0 Å². The number of nitrogens with one attached hydrogen (secondary N) is 2. The third kappa shape index (κ3) is 2.82. The molecule has 1 aromatic carbocycles. The van der Waals surface area contributed by atoms with E-state index in [1.165, 1.54) is 6.07 Å². The second-order valence-corrected chi connectivity index (χ2v) is 6.20. The fraction of sp³-hybridized carbons (Fsp3) is 0.385. The molecule has 1 unspecified atom stereocenters. The molecule has 1 aliphatic rings. The van der Waals surface area contributed by atoms with Crippen LogP contribution >= 0.6 is 0 Å². The van der Waals surface area contributed by atoms with Gasteiger partial charge in [-0.2, -0.15) is 0 Å². The molecule has 0 saturated carbocycles. The van der Waals surface area contributed by atoms with Crippen LogP contribution in [0.1, 0.15) is 25.8 Å². The third-order valence-corrected chi connectivity index (χ3v) is 4.31. The zero-order valence-electron chi connectivity index (χ0n) is 11.4. The average Bonchev–Trinajstić information content (AvgIpc) is 2.68. The van der Waals surface area contributed by atoms with Crippen LogP contribution in [0.4, 0.5) is 0 Å². The van der Waals surface area contributed by atoms with Crippen molar-refractivity contribution in [3.8, 4) is 0 Å². The Morgan fingerprint density at radius 3 is 2.80 bits per heavy atom. The Labute approximate surface area is 118 Å². The molecule has 6 nitrogen and oxygen atoms in total. The molecule has 20 heavy (non-hydrogen) atoms. The summed E-state index contributed by atoms with van der Waals surface area (Å²) in [5.41, 5.74) is 0.502. The third-order valence-electron chi connectivity index (χ3n) is 2.91. The first kappa shape index (κ1) is 14.5. The lowest BCUT2D eigenvalue weighted by Crippen LogP contribution is -2.34. The Morgan fingerprint density at radius 2 is 2.10 bits per heavy atom. The molecule has 0 radical (unpaired) electrons. The van der Waals surface area contributed by atoms with Gasteiger partial charge in [-0.25, -0.2) is 8.42 Å². The summed E-state index contributed by atoms with van der Waals surface area (Å²) in [4.78, 5) is 16.1. The Hall–Kier alpha value is -1.89. The van der Waals surface area contributed by atoms with Gasteiger partial charge in [0.05, 0.1) is 4.90 Å². The molecule has 1 amide bonds. The topological polar surface area (TPSA) is 87.6 Å². The number of sulfonamides is 1. The summed E-state index contributed by atoms with van der Waals surface area (Å²) in [6.07, 6.45) is 0.838. The van der Waals surface area contributed by atoms with Gasteiger partial charge in [-0.1, -0.05) is 19.1 Å². The van der Waals surface area contributed by atoms with Crippen LogP contribution in [0.2, 0.25) is 0 Å². The van der Waals surface area contributed by atoms with Gasteiger partial charge in [-0.15, -0.1) is 0 Å². The predicted molar refractivity (Wildman–Crippen MR) is 76.1 cm³/mol. The highest BCUT2D eigenvalue weighted by molar-refractivity contribution is 7.90. The summed E-state index contributed by atoms with van der Waals surface area (Å²) in [5, 5.41) is 2.73. The van der Waals surface area contributed by atoms with E-state index in [1.54, 1.807) is 25.1 Å². The summed E-state index contributed by atoms with van der Waals surface area (Å²) >= 11 is 0. The largest absolute Gasteiger partial charge is 0.354 e. The Morgan fingerprint density at radius 1 is 1.40 bits per heavy atom. The van der Waals surface area contributed by atoms with Gasteiger partial charge in [-0.3, -0.25) is 14.5 Å². The quantitative estimate of drug-likeness (QED) is 0.854. The minimum absolute atomic E-state index is 0.194.